The summed E-state index contributed by atoms with van der Waals surface area (Å²) in [6, 6.07) is 0. The number of hydrogen-bond donors (Lipinski definition) is 6. The maximum absolute atomic E-state index is 9.26. The second-order valence-electron chi connectivity index (χ2n) is 3.25. The standard InChI is InChI=1S/C6H12O6/c1-5(10)3(8)2(7)4(9)6(5,11)12/h2-4,7-12H,1H3. The summed E-state index contributed by atoms with van der Waals surface area (Å²) in [6.07, 6.45) is -5.54. The van der Waals surface area contributed by atoms with Gasteiger partial charge in [0.05, 0.1) is 0 Å². The van der Waals surface area contributed by atoms with Crippen molar-refractivity contribution < 1.29 is 30.6 Å². The first-order chi connectivity index (χ1) is 5.23. The summed E-state index contributed by atoms with van der Waals surface area (Å²) in [5, 5.41) is 54.4. The molecule has 0 amide bonds. The summed E-state index contributed by atoms with van der Waals surface area (Å²) in [4.78, 5) is 0. The zero-order chi connectivity index (χ0) is 9.73. The third kappa shape index (κ3) is 0.905. The van der Waals surface area contributed by atoms with Crippen molar-refractivity contribution in [1.82, 2.24) is 0 Å². The van der Waals surface area contributed by atoms with Gasteiger partial charge in [-0.25, -0.2) is 0 Å². The minimum absolute atomic E-state index is 0.914. The summed E-state index contributed by atoms with van der Waals surface area (Å²) < 4.78 is 0. The van der Waals surface area contributed by atoms with Gasteiger partial charge in [-0.3, -0.25) is 0 Å². The Bertz CT molecular complexity index is 168. The van der Waals surface area contributed by atoms with Crippen molar-refractivity contribution in [3.05, 3.63) is 0 Å². The van der Waals surface area contributed by atoms with Crippen molar-refractivity contribution in [2.45, 2.75) is 36.6 Å². The summed E-state index contributed by atoms with van der Waals surface area (Å²) in [6.45, 7) is 0.914. The summed E-state index contributed by atoms with van der Waals surface area (Å²) in [5.41, 5.74) is -2.34. The van der Waals surface area contributed by atoms with E-state index in [1.54, 1.807) is 0 Å². The number of aliphatic hydroxyl groups excluding tert-OH is 3. The lowest BCUT2D eigenvalue weighted by Gasteiger charge is -2.32. The fourth-order valence-corrected chi connectivity index (χ4v) is 1.26. The van der Waals surface area contributed by atoms with Gasteiger partial charge in [-0.05, 0) is 6.92 Å². The molecule has 0 aromatic rings. The van der Waals surface area contributed by atoms with E-state index >= 15 is 0 Å². The van der Waals surface area contributed by atoms with Crippen molar-refractivity contribution in [2.75, 3.05) is 0 Å². The van der Waals surface area contributed by atoms with E-state index in [9.17, 15) is 5.11 Å². The zero-order valence-corrected chi connectivity index (χ0v) is 6.42. The van der Waals surface area contributed by atoms with Gasteiger partial charge in [0.15, 0.2) is 0 Å². The molecule has 0 aromatic heterocycles. The molecule has 0 bridgehead atoms. The van der Waals surface area contributed by atoms with Crippen LogP contribution in [-0.2, 0) is 0 Å². The molecule has 1 aliphatic carbocycles. The van der Waals surface area contributed by atoms with Gasteiger partial charge in [0.2, 0.25) is 5.79 Å². The highest BCUT2D eigenvalue weighted by molar-refractivity contribution is 5.11. The molecule has 1 saturated carbocycles. The van der Waals surface area contributed by atoms with E-state index in [1.165, 1.54) is 0 Å². The quantitative estimate of drug-likeness (QED) is 0.215. The molecule has 12 heavy (non-hydrogen) atoms. The molecular weight excluding hydrogens is 168 g/mol. The first-order valence-electron chi connectivity index (χ1n) is 3.44. The normalized spacial score (nSPS) is 52.8. The van der Waals surface area contributed by atoms with Gasteiger partial charge in [0.1, 0.15) is 23.9 Å². The smallest absolute Gasteiger partial charge is 0.224 e. The maximum Gasteiger partial charge on any atom is 0.224 e. The molecule has 6 heteroatoms. The fraction of sp³-hybridized carbons (Fsp3) is 1.00. The zero-order valence-electron chi connectivity index (χ0n) is 6.42. The molecule has 0 aromatic carbocycles. The first kappa shape index (κ1) is 9.85. The molecule has 0 saturated heterocycles. The second kappa shape index (κ2) is 2.38. The van der Waals surface area contributed by atoms with E-state index < -0.39 is 29.7 Å². The molecule has 1 fully saturated rings. The Kier molecular flexibility index (Phi) is 1.95. The third-order valence-corrected chi connectivity index (χ3v) is 2.38. The van der Waals surface area contributed by atoms with Crippen LogP contribution in [0.1, 0.15) is 6.92 Å². The lowest BCUT2D eigenvalue weighted by molar-refractivity contribution is -0.296. The Labute approximate surface area is 68.3 Å². The molecule has 1 rings (SSSR count). The highest BCUT2D eigenvalue weighted by Gasteiger charge is 2.65. The van der Waals surface area contributed by atoms with Gasteiger partial charge >= 0.3 is 0 Å². The van der Waals surface area contributed by atoms with Gasteiger partial charge in [0.25, 0.3) is 0 Å². The first-order valence-corrected chi connectivity index (χ1v) is 3.44. The molecule has 0 radical (unpaired) electrons. The predicted octanol–water partition coefficient (Wildman–Crippen LogP) is -3.49. The lowest BCUT2D eigenvalue weighted by Crippen LogP contribution is -2.57. The lowest BCUT2D eigenvalue weighted by atomic mass is 9.97. The molecule has 1 aliphatic rings. The van der Waals surface area contributed by atoms with Gasteiger partial charge < -0.3 is 30.6 Å². The van der Waals surface area contributed by atoms with Crippen LogP contribution in [0.15, 0.2) is 0 Å². The van der Waals surface area contributed by atoms with E-state index in [4.69, 9.17) is 25.5 Å². The van der Waals surface area contributed by atoms with Crippen molar-refractivity contribution >= 4 is 0 Å². The number of hydrogen-bond acceptors (Lipinski definition) is 6. The van der Waals surface area contributed by atoms with Crippen LogP contribution in [0.2, 0.25) is 0 Å². The van der Waals surface area contributed by atoms with Crippen LogP contribution in [0.25, 0.3) is 0 Å². The highest BCUT2D eigenvalue weighted by atomic mass is 16.6. The Morgan fingerprint density at radius 1 is 0.917 bits per heavy atom. The average Bonchev–Trinajstić information content (AvgIpc) is 2.05. The van der Waals surface area contributed by atoms with Crippen molar-refractivity contribution in [3.8, 4) is 0 Å². The average molecular weight is 180 g/mol. The Morgan fingerprint density at radius 2 is 1.33 bits per heavy atom. The molecule has 72 valence electrons. The maximum atomic E-state index is 9.26. The molecule has 0 heterocycles. The van der Waals surface area contributed by atoms with Crippen LogP contribution >= 0.6 is 0 Å². The fourth-order valence-electron chi connectivity index (χ4n) is 1.26. The third-order valence-electron chi connectivity index (χ3n) is 2.38. The van der Waals surface area contributed by atoms with Crippen LogP contribution in [-0.4, -0.2) is 60.3 Å². The van der Waals surface area contributed by atoms with Crippen molar-refractivity contribution in [2.24, 2.45) is 0 Å². The minimum atomic E-state index is -2.90. The summed E-state index contributed by atoms with van der Waals surface area (Å²) >= 11 is 0. The van der Waals surface area contributed by atoms with E-state index in [1.807, 2.05) is 0 Å². The molecule has 6 nitrogen and oxygen atoms in total. The van der Waals surface area contributed by atoms with Crippen molar-refractivity contribution in [1.29, 1.82) is 0 Å². The molecule has 4 unspecified atom stereocenters. The van der Waals surface area contributed by atoms with E-state index in [0.29, 0.717) is 0 Å². The summed E-state index contributed by atoms with van der Waals surface area (Å²) in [7, 11) is 0. The van der Waals surface area contributed by atoms with Crippen LogP contribution in [0, 0.1) is 0 Å². The molecule has 0 spiro atoms. The van der Waals surface area contributed by atoms with Crippen LogP contribution < -0.4 is 0 Å². The minimum Gasteiger partial charge on any atom is -0.387 e. The SMILES string of the molecule is CC1(O)C(O)C(O)C(O)C1(O)O. The number of rotatable bonds is 0. The van der Waals surface area contributed by atoms with Crippen LogP contribution in [0.4, 0.5) is 0 Å². The van der Waals surface area contributed by atoms with E-state index in [-0.39, 0.29) is 0 Å². The monoisotopic (exact) mass is 180 g/mol. The highest BCUT2D eigenvalue weighted by Crippen LogP contribution is 2.37. The summed E-state index contributed by atoms with van der Waals surface area (Å²) in [5.74, 6) is -2.90. The van der Waals surface area contributed by atoms with Gasteiger partial charge in [-0.2, -0.15) is 0 Å². The molecular formula is C6H12O6. The molecule has 0 aliphatic heterocycles. The number of aliphatic hydroxyl groups is 6. The van der Waals surface area contributed by atoms with E-state index in [2.05, 4.69) is 0 Å². The van der Waals surface area contributed by atoms with Crippen LogP contribution in [0.3, 0.4) is 0 Å². The Morgan fingerprint density at radius 3 is 1.42 bits per heavy atom. The Balaban J connectivity index is 3.06. The van der Waals surface area contributed by atoms with Crippen molar-refractivity contribution in [3.63, 3.8) is 0 Å². The topological polar surface area (TPSA) is 121 Å². The van der Waals surface area contributed by atoms with Gasteiger partial charge in [0, 0.05) is 0 Å². The van der Waals surface area contributed by atoms with Gasteiger partial charge in [-0.1, -0.05) is 0 Å². The van der Waals surface area contributed by atoms with Gasteiger partial charge in [-0.15, -0.1) is 0 Å². The largest absolute Gasteiger partial charge is 0.387 e. The predicted molar refractivity (Wildman–Crippen MR) is 35.8 cm³/mol. The Hall–Kier alpha value is -0.240. The second-order valence-corrected chi connectivity index (χ2v) is 3.25. The van der Waals surface area contributed by atoms with Crippen LogP contribution in [0.5, 0.6) is 0 Å². The molecule has 6 N–H and O–H groups in total. The van der Waals surface area contributed by atoms with E-state index in [0.717, 1.165) is 6.92 Å². The molecule has 4 atom stereocenters.